The number of aromatic nitrogens is 2. The van der Waals surface area contributed by atoms with Crippen molar-refractivity contribution in [2.45, 2.75) is 20.4 Å². The lowest BCUT2D eigenvalue weighted by molar-refractivity contribution is -0.131. The van der Waals surface area contributed by atoms with Gasteiger partial charge in [-0.2, -0.15) is 5.10 Å². The highest BCUT2D eigenvalue weighted by Crippen LogP contribution is 2.17. The van der Waals surface area contributed by atoms with E-state index in [9.17, 15) is 9.59 Å². The molecule has 0 bridgehead atoms. The monoisotopic (exact) mass is 284 g/mol. The second-order valence-electron chi connectivity index (χ2n) is 4.64. The first-order chi connectivity index (χ1) is 10.0. The van der Waals surface area contributed by atoms with Gasteiger partial charge in [0, 0.05) is 23.7 Å². The third-order valence-corrected chi connectivity index (χ3v) is 3.05. The van der Waals surface area contributed by atoms with Crippen LogP contribution in [0.2, 0.25) is 0 Å². The molecule has 0 amide bonds. The predicted molar refractivity (Wildman–Crippen MR) is 81.0 cm³/mol. The third kappa shape index (κ3) is 3.45. The zero-order chi connectivity index (χ0) is 15.4. The summed E-state index contributed by atoms with van der Waals surface area (Å²) in [6.45, 7) is 4.23. The molecule has 0 unspecified atom stereocenters. The molecule has 1 aromatic heterocycles. The van der Waals surface area contributed by atoms with Gasteiger partial charge in [-0.3, -0.25) is 4.79 Å². The quantitative estimate of drug-likeness (QED) is 0.875. The second kappa shape index (κ2) is 6.17. The first-order valence-corrected chi connectivity index (χ1v) is 6.61. The lowest BCUT2D eigenvalue weighted by Gasteiger charge is -2.07. The van der Waals surface area contributed by atoms with Crippen molar-refractivity contribution < 1.29 is 9.90 Å². The van der Waals surface area contributed by atoms with Crippen LogP contribution in [0.15, 0.2) is 41.2 Å². The van der Waals surface area contributed by atoms with Gasteiger partial charge in [-0.05, 0) is 26.0 Å². The van der Waals surface area contributed by atoms with Crippen molar-refractivity contribution in [3.63, 3.8) is 0 Å². The van der Waals surface area contributed by atoms with Gasteiger partial charge in [0.15, 0.2) is 0 Å². The summed E-state index contributed by atoms with van der Waals surface area (Å²) in [6.07, 6.45) is 2.26. The normalized spacial score (nSPS) is 11.0. The van der Waals surface area contributed by atoms with Gasteiger partial charge < -0.3 is 5.11 Å². The molecule has 0 saturated heterocycles. The highest BCUT2D eigenvalue weighted by atomic mass is 16.4. The third-order valence-electron chi connectivity index (χ3n) is 3.05. The Morgan fingerprint density at radius 1 is 1.33 bits per heavy atom. The van der Waals surface area contributed by atoms with Crippen LogP contribution in [0.1, 0.15) is 18.1 Å². The molecule has 108 valence electrons. The van der Waals surface area contributed by atoms with Crippen LogP contribution in [0.25, 0.3) is 17.3 Å². The average molecular weight is 284 g/mol. The molecule has 0 aliphatic rings. The number of hydrogen-bond acceptors (Lipinski definition) is 3. The lowest BCUT2D eigenvalue weighted by Crippen LogP contribution is -2.24. The fourth-order valence-corrected chi connectivity index (χ4v) is 1.92. The Kier molecular flexibility index (Phi) is 4.33. The average Bonchev–Trinajstić information content (AvgIpc) is 2.47. The largest absolute Gasteiger partial charge is 0.478 e. The number of carboxylic acid groups (broad SMARTS) is 1. The van der Waals surface area contributed by atoms with Gasteiger partial charge in [-0.15, -0.1) is 0 Å². The van der Waals surface area contributed by atoms with E-state index in [4.69, 9.17) is 5.11 Å². The Balaban J connectivity index is 2.57. The van der Waals surface area contributed by atoms with Crippen LogP contribution in [0, 0.1) is 6.92 Å². The lowest BCUT2D eigenvalue weighted by atomic mass is 10.1. The minimum absolute atomic E-state index is 0.300. The van der Waals surface area contributed by atoms with Crippen LogP contribution >= 0.6 is 0 Å². The minimum atomic E-state index is -1.09. The number of carboxylic acids is 1. The Morgan fingerprint density at radius 3 is 2.57 bits per heavy atom. The van der Waals surface area contributed by atoms with E-state index in [1.54, 1.807) is 6.07 Å². The molecule has 2 rings (SSSR count). The second-order valence-corrected chi connectivity index (χ2v) is 4.64. The summed E-state index contributed by atoms with van der Waals surface area (Å²) in [5, 5.41) is 13.0. The van der Waals surface area contributed by atoms with Crippen molar-refractivity contribution >= 4 is 12.0 Å². The van der Waals surface area contributed by atoms with Gasteiger partial charge in [0.25, 0.3) is 5.56 Å². The van der Waals surface area contributed by atoms with Crippen LogP contribution in [-0.4, -0.2) is 20.9 Å². The highest BCUT2D eigenvalue weighted by Gasteiger charge is 2.07. The zero-order valence-corrected chi connectivity index (χ0v) is 11.9. The number of aryl methyl sites for hydroxylation is 2. The smallest absolute Gasteiger partial charge is 0.328 e. The Labute approximate surface area is 122 Å². The van der Waals surface area contributed by atoms with Crippen molar-refractivity contribution in [2.75, 3.05) is 0 Å². The Bertz CT molecular complexity index is 743. The Morgan fingerprint density at radius 2 is 2.00 bits per heavy atom. The molecule has 2 aromatic rings. The van der Waals surface area contributed by atoms with Gasteiger partial charge in [0.1, 0.15) is 0 Å². The highest BCUT2D eigenvalue weighted by molar-refractivity contribution is 5.85. The summed E-state index contributed by atoms with van der Waals surface area (Å²) in [7, 11) is 0. The first-order valence-electron chi connectivity index (χ1n) is 6.61. The van der Waals surface area contributed by atoms with E-state index in [1.165, 1.54) is 10.8 Å². The van der Waals surface area contributed by atoms with E-state index in [2.05, 4.69) is 5.10 Å². The van der Waals surface area contributed by atoms with Crippen molar-refractivity contribution in [2.24, 2.45) is 0 Å². The maximum Gasteiger partial charge on any atom is 0.328 e. The number of aliphatic carboxylic acids is 1. The molecule has 0 atom stereocenters. The van der Waals surface area contributed by atoms with E-state index in [1.807, 2.05) is 38.1 Å². The summed E-state index contributed by atoms with van der Waals surface area (Å²) in [4.78, 5) is 22.7. The van der Waals surface area contributed by atoms with E-state index in [0.29, 0.717) is 17.8 Å². The standard InChI is InChI=1S/C16H16N2O3/c1-3-18-16(21)13(8-9-15(19)20)10-14(17-18)12-6-4-11(2)5-7-12/h4-10H,3H2,1-2H3,(H,19,20)/b9-8+. The fourth-order valence-electron chi connectivity index (χ4n) is 1.92. The van der Waals surface area contributed by atoms with Gasteiger partial charge >= 0.3 is 5.97 Å². The minimum Gasteiger partial charge on any atom is -0.478 e. The van der Waals surface area contributed by atoms with Gasteiger partial charge in [0.05, 0.1) is 5.69 Å². The first kappa shape index (κ1) is 14.7. The molecule has 0 saturated carbocycles. The predicted octanol–water partition coefficient (Wildman–Crippen LogP) is 2.34. The maximum atomic E-state index is 12.1. The molecule has 1 heterocycles. The van der Waals surface area contributed by atoms with E-state index in [-0.39, 0.29) is 5.56 Å². The molecule has 5 nitrogen and oxygen atoms in total. The molecule has 21 heavy (non-hydrogen) atoms. The molecule has 0 spiro atoms. The topological polar surface area (TPSA) is 72.2 Å². The molecule has 1 aromatic carbocycles. The van der Waals surface area contributed by atoms with Gasteiger partial charge in [-0.25, -0.2) is 9.48 Å². The number of benzene rings is 1. The molecule has 0 aliphatic heterocycles. The van der Waals surface area contributed by atoms with Crippen molar-refractivity contribution in [1.82, 2.24) is 9.78 Å². The number of nitrogens with zero attached hydrogens (tertiary/aromatic N) is 2. The van der Waals surface area contributed by atoms with Crippen molar-refractivity contribution in [1.29, 1.82) is 0 Å². The molecular formula is C16H16N2O3. The summed E-state index contributed by atoms with van der Waals surface area (Å²) >= 11 is 0. The molecule has 5 heteroatoms. The van der Waals surface area contributed by atoms with Gasteiger partial charge in [0.2, 0.25) is 0 Å². The van der Waals surface area contributed by atoms with Gasteiger partial charge in [-0.1, -0.05) is 29.8 Å². The SMILES string of the molecule is CCn1nc(-c2ccc(C)cc2)cc(/C=C/C(=O)O)c1=O. The number of rotatable bonds is 4. The van der Waals surface area contributed by atoms with E-state index < -0.39 is 5.97 Å². The number of carbonyl (C=O) groups is 1. The van der Waals surface area contributed by atoms with Crippen LogP contribution in [-0.2, 0) is 11.3 Å². The van der Waals surface area contributed by atoms with Crippen LogP contribution in [0.3, 0.4) is 0 Å². The molecule has 0 radical (unpaired) electrons. The molecule has 0 fully saturated rings. The molecule has 1 N–H and O–H groups in total. The summed E-state index contributed by atoms with van der Waals surface area (Å²) in [5.41, 5.74) is 2.67. The van der Waals surface area contributed by atoms with E-state index in [0.717, 1.165) is 17.2 Å². The van der Waals surface area contributed by atoms with Crippen LogP contribution < -0.4 is 5.56 Å². The molecular weight excluding hydrogens is 268 g/mol. The summed E-state index contributed by atoms with van der Waals surface area (Å²) < 4.78 is 1.33. The zero-order valence-electron chi connectivity index (χ0n) is 11.9. The summed E-state index contributed by atoms with van der Waals surface area (Å²) in [6, 6.07) is 9.38. The maximum absolute atomic E-state index is 12.1. The summed E-state index contributed by atoms with van der Waals surface area (Å²) in [5.74, 6) is -1.09. The molecule has 0 aliphatic carbocycles. The van der Waals surface area contributed by atoms with Crippen molar-refractivity contribution in [3.8, 4) is 11.3 Å². The van der Waals surface area contributed by atoms with Crippen molar-refractivity contribution in [3.05, 3.63) is 57.9 Å². The fraction of sp³-hybridized carbons (Fsp3) is 0.188. The van der Waals surface area contributed by atoms with E-state index >= 15 is 0 Å². The number of hydrogen-bond donors (Lipinski definition) is 1. The Hall–Kier alpha value is -2.69. The van der Waals surface area contributed by atoms with Crippen LogP contribution in [0.5, 0.6) is 0 Å². The van der Waals surface area contributed by atoms with Crippen LogP contribution in [0.4, 0.5) is 0 Å².